The summed E-state index contributed by atoms with van der Waals surface area (Å²) in [7, 11) is -3.22. The van der Waals surface area contributed by atoms with Gasteiger partial charge >= 0.3 is 12.4 Å². The fraction of sp³-hybridized carbons (Fsp3) is 0.294. The van der Waals surface area contributed by atoms with Crippen LogP contribution in [0.2, 0.25) is 10.0 Å². The van der Waals surface area contributed by atoms with E-state index in [1.807, 2.05) is 0 Å². The molecule has 0 aliphatic carbocycles. The first kappa shape index (κ1) is 25.2. The zero-order valence-electron chi connectivity index (χ0n) is 16.7. The fourth-order valence-electron chi connectivity index (χ4n) is 3.33. The summed E-state index contributed by atoms with van der Waals surface area (Å²) >= 11 is 12.3. The maximum absolute atomic E-state index is 13.5. The third kappa shape index (κ3) is 4.69. The number of nitrogens with one attached hydrogen (secondary N) is 1. The van der Waals surface area contributed by atoms with Gasteiger partial charge in [-0.05, 0) is 12.1 Å². The summed E-state index contributed by atoms with van der Waals surface area (Å²) in [5.41, 5.74) is 2.32. The average Bonchev–Trinajstić information content (AvgIpc) is 3.00. The number of nitrogens with two attached hydrogens (primary N) is 1. The third-order valence-electron chi connectivity index (χ3n) is 4.83. The van der Waals surface area contributed by atoms with Crippen molar-refractivity contribution >= 4 is 55.8 Å². The molecule has 0 atom stereocenters. The zero-order valence-corrected chi connectivity index (χ0v) is 19.0. The number of alkyl halides is 6. The van der Waals surface area contributed by atoms with Crippen LogP contribution in [-0.2, 0) is 22.2 Å². The van der Waals surface area contributed by atoms with Crippen molar-refractivity contribution in [2.75, 3.05) is 17.2 Å². The standard InChI is InChI=1S/C17H10Cl2F6N6O3S/c18-7-1-5(14(32)27-6-3-35(33,34)4-6)2-8(19)10(7)31-12(26)9-11(16(20,21)22)28-15(17(23,24)25)29-13(9)30-31/h1-2,6H,3-4,26H2,(H,27,32). The van der Waals surface area contributed by atoms with E-state index < -0.39 is 62.5 Å². The van der Waals surface area contributed by atoms with Gasteiger partial charge in [0.2, 0.25) is 5.82 Å². The molecule has 9 nitrogen and oxygen atoms in total. The van der Waals surface area contributed by atoms with Crippen LogP contribution in [0.25, 0.3) is 16.7 Å². The van der Waals surface area contributed by atoms with E-state index in [2.05, 4.69) is 20.4 Å². The van der Waals surface area contributed by atoms with Crippen LogP contribution >= 0.6 is 23.2 Å². The highest BCUT2D eigenvalue weighted by atomic mass is 35.5. The SMILES string of the molecule is Nc1c2c(C(F)(F)F)nc(C(F)(F)F)nc2nn1-c1c(Cl)cc(C(=O)NC2CS(=O)(=O)C2)cc1Cl. The van der Waals surface area contributed by atoms with Crippen molar-refractivity contribution in [3.63, 3.8) is 0 Å². The van der Waals surface area contributed by atoms with Crippen molar-refractivity contribution in [3.05, 3.63) is 39.3 Å². The molecule has 0 spiro atoms. The predicted molar refractivity (Wildman–Crippen MR) is 111 cm³/mol. The summed E-state index contributed by atoms with van der Waals surface area (Å²) in [6.45, 7) is 0. The number of carbonyl (C=O) groups excluding carboxylic acids is 1. The molecule has 1 fully saturated rings. The summed E-state index contributed by atoms with van der Waals surface area (Å²) < 4.78 is 103. The molecular weight excluding hydrogens is 553 g/mol. The normalized spacial score (nSPS) is 16.3. The van der Waals surface area contributed by atoms with Crippen molar-refractivity contribution in [3.8, 4) is 5.69 Å². The minimum absolute atomic E-state index is 0.126. The Morgan fingerprint density at radius 1 is 1.06 bits per heavy atom. The number of nitrogens with zero attached hydrogens (tertiary/aromatic N) is 4. The molecule has 4 rings (SSSR count). The van der Waals surface area contributed by atoms with Crippen LogP contribution in [0.15, 0.2) is 12.1 Å². The van der Waals surface area contributed by atoms with Crippen molar-refractivity contribution in [2.45, 2.75) is 18.4 Å². The van der Waals surface area contributed by atoms with Crippen molar-refractivity contribution in [1.82, 2.24) is 25.1 Å². The average molecular weight is 563 g/mol. The lowest BCUT2D eigenvalue weighted by Crippen LogP contribution is -2.52. The Morgan fingerprint density at radius 2 is 1.63 bits per heavy atom. The molecule has 35 heavy (non-hydrogen) atoms. The number of hydrogen-bond acceptors (Lipinski definition) is 7. The van der Waals surface area contributed by atoms with Gasteiger partial charge in [0.25, 0.3) is 5.91 Å². The molecule has 3 heterocycles. The zero-order chi connectivity index (χ0) is 26.1. The van der Waals surface area contributed by atoms with Gasteiger partial charge in [-0.2, -0.15) is 26.3 Å². The van der Waals surface area contributed by atoms with E-state index in [0.29, 0.717) is 4.68 Å². The van der Waals surface area contributed by atoms with E-state index in [4.69, 9.17) is 28.9 Å². The number of benzene rings is 1. The van der Waals surface area contributed by atoms with E-state index in [9.17, 15) is 39.6 Å². The Balaban J connectivity index is 1.80. The number of aromatic nitrogens is 4. The summed E-state index contributed by atoms with van der Waals surface area (Å²) in [6.07, 6.45) is -10.6. The fourth-order valence-corrected chi connectivity index (χ4v) is 5.27. The Kier molecular flexibility index (Phi) is 5.84. The van der Waals surface area contributed by atoms with E-state index in [1.54, 1.807) is 0 Å². The molecule has 3 aromatic rings. The molecule has 188 valence electrons. The molecular formula is C17H10Cl2F6N6O3S. The van der Waals surface area contributed by atoms with Crippen LogP contribution in [0.5, 0.6) is 0 Å². The van der Waals surface area contributed by atoms with Crippen LogP contribution in [0, 0.1) is 0 Å². The van der Waals surface area contributed by atoms with Gasteiger partial charge in [0, 0.05) is 5.56 Å². The quantitative estimate of drug-likeness (QED) is 0.468. The summed E-state index contributed by atoms with van der Waals surface area (Å²) in [6, 6.07) is 1.47. The first-order chi connectivity index (χ1) is 16.0. The van der Waals surface area contributed by atoms with E-state index in [1.165, 1.54) is 0 Å². The lowest BCUT2D eigenvalue weighted by Gasteiger charge is -2.26. The first-order valence-electron chi connectivity index (χ1n) is 9.19. The van der Waals surface area contributed by atoms with E-state index in [-0.39, 0.29) is 32.8 Å². The number of hydrogen-bond donors (Lipinski definition) is 2. The number of nitrogen functional groups attached to an aromatic ring is 1. The number of sulfone groups is 1. The van der Waals surface area contributed by atoms with Gasteiger partial charge in [0.15, 0.2) is 21.2 Å². The molecule has 3 N–H and O–H groups in total. The predicted octanol–water partition coefficient (Wildman–Crippen LogP) is 3.27. The largest absolute Gasteiger partial charge is 0.451 e. The van der Waals surface area contributed by atoms with Crippen molar-refractivity contribution < 1.29 is 39.6 Å². The highest BCUT2D eigenvalue weighted by molar-refractivity contribution is 7.92. The number of rotatable bonds is 3. The van der Waals surface area contributed by atoms with Gasteiger partial charge in [0.1, 0.15) is 11.5 Å². The highest BCUT2D eigenvalue weighted by Crippen LogP contribution is 2.40. The molecule has 1 aromatic carbocycles. The second-order valence-corrected chi connectivity index (χ2v) is 10.4. The highest BCUT2D eigenvalue weighted by Gasteiger charge is 2.43. The number of carbonyl (C=O) groups is 1. The molecule has 0 radical (unpaired) electrons. The first-order valence-corrected chi connectivity index (χ1v) is 11.8. The number of fused-ring (bicyclic) bond motifs is 1. The molecule has 1 saturated heterocycles. The minimum Gasteiger partial charge on any atom is -0.383 e. The molecule has 0 unspecified atom stereocenters. The molecule has 2 aromatic heterocycles. The number of halogens is 8. The summed E-state index contributed by atoms with van der Waals surface area (Å²) in [4.78, 5) is 18.0. The molecule has 0 saturated carbocycles. The number of anilines is 1. The Morgan fingerprint density at radius 3 is 2.11 bits per heavy atom. The number of amides is 1. The Bertz CT molecular complexity index is 1450. The van der Waals surface area contributed by atoms with Gasteiger partial charge in [0.05, 0.1) is 33.0 Å². The third-order valence-corrected chi connectivity index (χ3v) is 7.22. The van der Waals surface area contributed by atoms with Gasteiger partial charge in [-0.15, -0.1) is 5.10 Å². The maximum atomic E-state index is 13.5. The minimum atomic E-state index is -5.34. The molecule has 18 heteroatoms. The van der Waals surface area contributed by atoms with Crippen molar-refractivity contribution in [2.24, 2.45) is 0 Å². The lowest BCUT2D eigenvalue weighted by atomic mass is 10.1. The van der Waals surface area contributed by atoms with Crippen LogP contribution in [0.3, 0.4) is 0 Å². The summed E-state index contributed by atoms with van der Waals surface area (Å²) in [5, 5.41) is 4.36. The van der Waals surface area contributed by atoms with Gasteiger partial charge in [-0.1, -0.05) is 23.2 Å². The van der Waals surface area contributed by atoms with Gasteiger partial charge < -0.3 is 11.1 Å². The molecule has 1 aliphatic rings. The van der Waals surface area contributed by atoms with Crippen LogP contribution in [0.4, 0.5) is 32.2 Å². The van der Waals surface area contributed by atoms with Gasteiger partial charge in [-0.3, -0.25) is 4.79 Å². The maximum Gasteiger partial charge on any atom is 0.451 e. The van der Waals surface area contributed by atoms with E-state index >= 15 is 0 Å². The van der Waals surface area contributed by atoms with Crippen LogP contribution in [-0.4, -0.2) is 51.6 Å². The van der Waals surface area contributed by atoms with Gasteiger partial charge in [-0.25, -0.2) is 23.1 Å². The second kappa shape index (κ2) is 8.09. The van der Waals surface area contributed by atoms with E-state index in [0.717, 1.165) is 12.1 Å². The Hall–Kier alpha value is -2.85. The smallest absolute Gasteiger partial charge is 0.383 e. The molecule has 1 aliphatic heterocycles. The monoisotopic (exact) mass is 562 g/mol. The molecule has 0 bridgehead atoms. The van der Waals surface area contributed by atoms with Crippen molar-refractivity contribution in [1.29, 1.82) is 0 Å². The van der Waals surface area contributed by atoms with Crippen LogP contribution < -0.4 is 11.1 Å². The molecule has 1 amide bonds. The Labute approximate surface area is 201 Å². The lowest BCUT2D eigenvalue weighted by molar-refractivity contribution is -0.151. The van der Waals surface area contributed by atoms with Crippen LogP contribution in [0.1, 0.15) is 21.9 Å². The topological polar surface area (TPSA) is 133 Å². The summed E-state index contributed by atoms with van der Waals surface area (Å²) in [5.74, 6) is -4.13. The second-order valence-electron chi connectivity index (χ2n) is 7.42.